The molecule has 3 rings (SSSR count). The van der Waals surface area contributed by atoms with E-state index in [1.54, 1.807) is 6.20 Å². The lowest BCUT2D eigenvalue weighted by atomic mass is 10.0. The Morgan fingerprint density at radius 2 is 2.09 bits per heavy atom. The molecule has 4 N–H and O–H groups in total. The van der Waals surface area contributed by atoms with E-state index in [4.69, 9.17) is 5.73 Å². The normalized spacial score (nSPS) is 25.6. The van der Waals surface area contributed by atoms with Crippen molar-refractivity contribution in [2.24, 2.45) is 10.7 Å². The summed E-state index contributed by atoms with van der Waals surface area (Å²) in [5.74, 6) is 0.540. The highest BCUT2D eigenvalue weighted by atomic mass is 19.1. The van der Waals surface area contributed by atoms with E-state index in [1.165, 1.54) is 6.08 Å². The van der Waals surface area contributed by atoms with Crippen molar-refractivity contribution in [1.82, 2.24) is 15.5 Å². The van der Waals surface area contributed by atoms with Gasteiger partial charge in [0.25, 0.3) is 0 Å². The number of nitrogens with one attached hydrogen (secondary N) is 2. The number of alkyl halides is 1. The lowest BCUT2D eigenvalue weighted by Gasteiger charge is -2.33. The largest absolute Gasteiger partial charge is 0.383 e. The monoisotopic (exact) mass is 457 g/mol. The molecule has 1 saturated heterocycles. The molecule has 0 aromatic rings. The summed E-state index contributed by atoms with van der Waals surface area (Å²) in [5.41, 5.74) is 8.59. The SMILES string of the molecule is C=CC(=O)N1CCC(N[C@H](C)CCCC/C=C2\C(C(=C)N[C@@H]3CCC[C@H]3F)=CN=C2N)CC1. The highest BCUT2D eigenvalue weighted by Gasteiger charge is 2.28. The number of aliphatic imine (C=N–C) groups is 1. The number of amides is 1. The van der Waals surface area contributed by atoms with Crippen molar-refractivity contribution in [3.63, 3.8) is 0 Å². The van der Waals surface area contributed by atoms with Crippen LogP contribution in [0.2, 0.25) is 0 Å². The van der Waals surface area contributed by atoms with Gasteiger partial charge in [-0.15, -0.1) is 0 Å². The van der Waals surface area contributed by atoms with Crippen molar-refractivity contribution in [2.75, 3.05) is 13.1 Å². The van der Waals surface area contributed by atoms with E-state index in [2.05, 4.69) is 41.8 Å². The molecule has 0 aromatic heterocycles. The van der Waals surface area contributed by atoms with Gasteiger partial charge >= 0.3 is 0 Å². The number of rotatable bonds is 11. The maximum atomic E-state index is 14.0. The molecule has 7 heteroatoms. The third-order valence-electron chi connectivity index (χ3n) is 6.96. The molecular formula is C26H40FN5O. The van der Waals surface area contributed by atoms with Gasteiger partial charge in [0.2, 0.25) is 5.91 Å². The summed E-state index contributed by atoms with van der Waals surface area (Å²) < 4.78 is 14.0. The Bertz CT molecular complexity index is 809. The fourth-order valence-electron chi connectivity index (χ4n) is 4.97. The zero-order valence-corrected chi connectivity index (χ0v) is 20.0. The van der Waals surface area contributed by atoms with Gasteiger partial charge in [-0.2, -0.15) is 0 Å². The summed E-state index contributed by atoms with van der Waals surface area (Å²) in [4.78, 5) is 17.8. The summed E-state index contributed by atoms with van der Waals surface area (Å²) in [6.07, 6.45) is 13.0. The molecule has 0 bridgehead atoms. The Morgan fingerprint density at radius 3 is 2.76 bits per heavy atom. The third kappa shape index (κ3) is 7.03. The number of allylic oxidation sites excluding steroid dienone is 2. The molecule has 1 aliphatic carbocycles. The Balaban J connectivity index is 1.36. The van der Waals surface area contributed by atoms with Gasteiger partial charge in [0.1, 0.15) is 12.0 Å². The van der Waals surface area contributed by atoms with E-state index < -0.39 is 6.17 Å². The molecule has 0 unspecified atom stereocenters. The number of carbonyl (C=O) groups is 1. The molecule has 0 spiro atoms. The minimum absolute atomic E-state index is 0.0334. The summed E-state index contributed by atoms with van der Waals surface area (Å²) in [5, 5.41) is 6.96. The van der Waals surface area contributed by atoms with E-state index in [0.29, 0.717) is 30.0 Å². The fraction of sp³-hybridized carbons (Fsp3) is 0.615. The van der Waals surface area contributed by atoms with Gasteiger partial charge in [-0.25, -0.2) is 9.38 Å². The van der Waals surface area contributed by atoms with E-state index in [9.17, 15) is 9.18 Å². The predicted molar refractivity (Wildman–Crippen MR) is 133 cm³/mol. The Kier molecular flexibility index (Phi) is 9.30. The van der Waals surface area contributed by atoms with Crippen LogP contribution in [0.15, 0.2) is 53.3 Å². The number of nitrogens with two attached hydrogens (primary N) is 1. The number of hydrogen-bond acceptors (Lipinski definition) is 5. The van der Waals surface area contributed by atoms with E-state index in [-0.39, 0.29) is 11.9 Å². The van der Waals surface area contributed by atoms with Gasteiger partial charge < -0.3 is 21.3 Å². The molecule has 2 heterocycles. The molecular weight excluding hydrogens is 417 g/mol. The minimum Gasteiger partial charge on any atom is -0.383 e. The molecule has 33 heavy (non-hydrogen) atoms. The molecule has 2 fully saturated rings. The topological polar surface area (TPSA) is 82.8 Å². The number of likely N-dealkylation sites (tertiary alicyclic amines) is 1. The van der Waals surface area contributed by atoms with Gasteiger partial charge in [-0.05, 0) is 64.4 Å². The number of piperidine rings is 1. The molecule has 182 valence electrons. The van der Waals surface area contributed by atoms with Gasteiger partial charge in [0.15, 0.2) is 0 Å². The van der Waals surface area contributed by atoms with Crippen LogP contribution < -0.4 is 16.4 Å². The number of unbranched alkanes of at least 4 members (excludes halogenated alkanes) is 2. The number of hydrogen-bond donors (Lipinski definition) is 3. The first-order chi connectivity index (χ1) is 15.9. The highest BCUT2D eigenvalue weighted by Crippen LogP contribution is 2.27. The summed E-state index contributed by atoms with van der Waals surface area (Å²) in [7, 11) is 0. The first-order valence-electron chi connectivity index (χ1n) is 12.4. The van der Waals surface area contributed by atoms with Gasteiger partial charge in [-0.1, -0.05) is 25.7 Å². The van der Waals surface area contributed by atoms with Crippen molar-refractivity contribution < 1.29 is 9.18 Å². The number of carbonyl (C=O) groups excluding carboxylic acids is 1. The number of halogens is 1. The standard InChI is InChI=1S/C26H40FN5O/c1-4-25(33)32-15-13-20(14-16-32)30-18(2)9-6-5-7-10-21-22(17-29-26(21)28)19(3)31-24-12-8-11-23(24)27/h4,10,17-18,20,23-24,30-31H,1,3,5-9,11-16H2,2H3,(H2,28,29)/b21-10+/t18-,23-,24-/m1/s1. The Morgan fingerprint density at radius 1 is 1.33 bits per heavy atom. The van der Waals surface area contributed by atoms with Crippen LogP contribution in [-0.2, 0) is 4.79 Å². The second kappa shape index (κ2) is 12.2. The molecule has 1 saturated carbocycles. The number of nitrogens with zero attached hydrogens (tertiary/aromatic N) is 2. The molecule has 3 atom stereocenters. The highest BCUT2D eigenvalue weighted by molar-refractivity contribution is 6.04. The number of amidine groups is 1. The van der Waals surface area contributed by atoms with Crippen molar-refractivity contribution in [3.8, 4) is 0 Å². The van der Waals surface area contributed by atoms with Crippen LogP contribution in [0, 0.1) is 0 Å². The van der Waals surface area contributed by atoms with E-state index in [0.717, 1.165) is 75.6 Å². The molecule has 3 aliphatic rings. The van der Waals surface area contributed by atoms with Crippen molar-refractivity contribution in [3.05, 3.63) is 48.4 Å². The average molecular weight is 458 g/mol. The van der Waals surface area contributed by atoms with Crippen LogP contribution in [0.4, 0.5) is 4.39 Å². The summed E-state index contributed by atoms with van der Waals surface area (Å²) in [6.45, 7) is 11.5. The summed E-state index contributed by atoms with van der Waals surface area (Å²) in [6, 6.07) is 0.757. The average Bonchev–Trinajstić information content (AvgIpc) is 3.38. The minimum atomic E-state index is -0.813. The zero-order chi connectivity index (χ0) is 23.8. The Hall–Kier alpha value is -2.41. The molecule has 0 radical (unpaired) electrons. The zero-order valence-electron chi connectivity index (χ0n) is 20.0. The predicted octanol–water partition coefficient (Wildman–Crippen LogP) is 3.88. The van der Waals surface area contributed by atoms with Crippen molar-refractivity contribution in [2.45, 2.75) is 89.0 Å². The third-order valence-corrected chi connectivity index (χ3v) is 6.96. The molecule has 1 amide bonds. The van der Waals surface area contributed by atoms with Gasteiger partial charge in [0.05, 0.1) is 6.04 Å². The van der Waals surface area contributed by atoms with Crippen molar-refractivity contribution >= 4 is 11.7 Å². The maximum absolute atomic E-state index is 14.0. The van der Waals surface area contributed by atoms with Crippen LogP contribution >= 0.6 is 0 Å². The Labute approximate surface area is 198 Å². The molecule has 0 aromatic carbocycles. The second-order valence-electron chi connectivity index (χ2n) is 9.51. The second-order valence-corrected chi connectivity index (χ2v) is 9.51. The van der Waals surface area contributed by atoms with E-state index in [1.807, 2.05) is 4.90 Å². The first-order valence-corrected chi connectivity index (χ1v) is 12.4. The lowest BCUT2D eigenvalue weighted by molar-refractivity contribution is -0.127. The quantitative estimate of drug-likeness (QED) is 0.325. The van der Waals surface area contributed by atoms with Crippen molar-refractivity contribution in [1.29, 1.82) is 0 Å². The molecule has 2 aliphatic heterocycles. The van der Waals surface area contributed by atoms with E-state index >= 15 is 0 Å². The van der Waals surface area contributed by atoms with Crippen LogP contribution in [-0.4, -0.2) is 54.0 Å². The lowest BCUT2D eigenvalue weighted by Crippen LogP contribution is -2.46. The van der Waals surface area contributed by atoms with Crippen LogP contribution in [0.1, 0.15) is 64.7 Å². The van der Waals surface area contributed by atoms with Crippen LogP contribution in [0.3, 0.4) is 0 Å². The smallest absolute Gasteiger partial charge is 0.245 e. The molecule has 6 nitrogen and oxygen atoms in total. The van der Waals surface area contributed by atoms with Crippen LogP contribution in [0.25, 0.3) is 0 Å². The van der Waals surface area contributed by atoms with Crippen LogP contribution in [0.5, 0.6) is 0 Å². The van der Waals surface area contributed by atoms with Gasteiger partial charge in [0, 0.05) is 48.2 Å². The van der Waals surface area contributed by atoms with Gasteiger partial charge in [-0.3, -0.25) is 4.79 Å². The summed E-state index contributed by atoms with van der Waals surface area (Å²) >= 11 is 0. The maximum Gasteiger partial charge on any atom is 0.245 e. The fourth-order valence-corrected chi connectivity index (χ4v) is 4.97. The first kappa shape index (κ1) is 25.2.